The molecule has 1 saturated heterocycles. The summed E-state index contributed by atoms with van der Waals surface area (Å²) < 4.78 is 2.25. The molecule has 30 heavy (non-hydrogen) atoms. The summed E-state index contributed by atoms with van der Waals surface area (Å²) in [7, 11) is 0. The first-order valence-electron chi connectivity index (χ1n) is 11.8. The van der Waals surface area contributed by atoms with Crippen LogP contribution in [0.25, 0.3) is 0 Å². The van der Waals surface area contributed by atoms with Gasteiger partial charge in [-0.2, -0.15) is 0 Å². The van der Waals surface area contributed by atoms with Crippen LogP contribution in [0.5, 0.6) is 0 Å². The number of aryl methyl sites for hydroxylation is 1. The molecular weight excluding hydrogens is 489 g/mol. The van der Waals surface area contributed by atoms with Crippen LogP contribution in [0.3, 0.4) is 0 Å². The molecule has 8 heteroatoms. The monoisotopic (exact) mass is 529 g/mol. The standard InChI is InChI=1S/C22H39N7.HI/c1-4-23-22(24-16-21-26-25-20-6-5-11-29(20)21)28-14-12-27(13-15-28)19-9-7-18(8-10-19)17(2)3;/h17-19H,4-16H2,1-3H3,(H,23,24);1H. The second-order valence-electron chi connectivity index (χ2n) is 9.29. The Balaban J connectivity index is 0.00000256. The lowest BCUT2D eigenvalue weighted by atomic mass is 9.79. The van der Waals surface area contributed by atoms with E-state index in [1.807, 2.05) is 0 Å². The Kier molecular flexibility index (Phi) is 8.80. The normalized spacial score (nSPS) is 25.3. The number of guanidine groups is 1. The highest BCUT2D eigenvalue weighted by molar-refractivity contribution is 14.0. The van der Waals surface area contributed by atoms with Gasteiger partial charge in [-0.15, -0.1) is 34.2 Å². The van der Waals surface area contributed by atoms with Crippen LogP contribution in [0.2, 0.25) is 0 Å². The van der Waals surface area contributed by atoms with E-state index in [9.17, 15) is 0 Å². The van der Waals surface area contributed by atoms with Gasteiger partial charge in [-0.25, -0.2) is 4.99 Å². The molecule has 0 spiro atoms. The lowest BCUT2D eigenvalue weighted by molar-refractivity contribution is 0.0864. The van der Waals surface area contributed by atoms with E-state index in [-0.39, 0.29) is 24.0 Å². The molecule has 1 N–H and O–H groups in total. The van der Waals surface area contributed by atoms with Crippen molar-refractivity contribution in [2.75, 3.05) is 32.7 Å². The highest BCUT2D eigenvalue weighted by Crippen LogP contribution is 2.32. The van der Waals surface area contributed by atoms with Gasteiger partial charge in [0.1, 0.15) is 12.4 Å². The van der Waals surface area contributed by atoms with Crippen LogP contribution in [-0.2, 0) is 19.5 Å². The predicted octanol–water partition coefficient (Wildman–Crippen LogP) is 3.14. The zero-order valence-corrected chi connectivity index (χ0v) is 21.3. The van der Waals surface area contributed by atoms with Gasteiger partial charge >= 0.3 is 0 Å². The van der Waals surface area contributed by atoms with Gasteiger partial charge in [0.25, 0.3) is 0 Å². The molecule has 1 saturated carbocycles. The Morgan fingerprint density at radius 2 is 1.80 bits per heavy atom. The number of halogens is 1. The third kappa shape index (κ3) is 5.47. The molecule has 0 bridgehead atoms. The van der Waals surface area contributed by atoms with Crippen molar-refractivity contribution in [2.45, 2.75) is 78.4 Å². The topological polar surface area (TPSA) is 61.6 Å². The molecular formula is C22H40IN7. The first-order chi connectivity index (χ1) is 14.2. The first kappa shape index (κ1) is 23.8. The summed E-state index contributed by atoms with van der Waals surface area (Å²) in [5.41, 5.74) is 0. The molecule has 3 aliphatic rings. The fourth-order valence-corrected chi connectivity index (χ4v) is 5.33. The molecule has 3 heterocycles. The van der Waals surface area contributed by atoms with E-state index in [1.165, 1.54) is 32.1 Å². The summed E-state index contributed by atoms with van der Waals surface area (Å²) in [6.07, 6.45) is 7.83. The van der Waals surface area contributed by atoms with E-state index in [2.05, 4.69) is 50.7 Å². The van der Waals surface area contributed by atoms with E-state index in [0.29, 0.717) is 6.54 Å². The third-order valence-corrected chi connectivity index (χ3v) is 7.21. The van der Waals surface area contributed by atoms with Gasteiger partial charge in [0.05, 0.1) is 0 Å². The van der Waals surface area contributed by atoms with Crippen LogP contribution in [-0.4, -0.2) is 69.3 Å². The smallest absolute Gasteiger partial charge is 0.194 e. The molecule has 0 amide bonds. The zero-order valence-electron chi connectivity index (χ0n) is 19.0. The van der Waals surface area contributed by atoms with Gasteiger partial charge in [0.15, 0.2) is 11.8 Å². The Hall–Kier alpha value is -0.900. The quantitative estimate of drug-likeness (QED) is 0.361. The minimum atomic E-state index is 0. The minimum absolute atomic E-state index is 0. The van der Waals surface area contributed by atoms with Crippen LogP contribution in [0.15, 0.2) is 4.99 Å². The summed E-state index contributed by atoms with van der Waals surface area (Å²) in [6.45, 7) is 13.9. The number of hydrogen-bond acceptors (Lipinski definition) is 4. The van der Waals surface area contributed by atoms with Crippen LogP contribution >= 0.6 is 24.0 Å². The molecule has 7 nitrogen and oxygen atoms in total. The molecule has 0 radical (unpaired) electrons. The van der Waals surface area contributed by atoms with Gasteiger partial charge in [-0.3, -0.25) is 4.90 Å². The molecule has 2 fully saturated rings. The van der Waals surface area contributed by atoms with E-state index < -0.39 is 0 Å². The second kappa shape index (κ2) is 11.1. The largest absolute Gasteiger partial charge is 0.357 e. The van der Waals surface area contributed by atoms with E-state index in [4.69, 9.17) is 4.99 Å². The van der Waals surface area contributed by atoms with Crippen LogP contribution in [0.1, 0.15) is 64.5 Å². The fraction of sp³-hybridized carbons (Fsp3) is 0.864. The third-order valence-electron chi connectivity index (χ3n) is 7.21. The average Bonchev–Trinajstić information content (AvgIpc) is 3.36. The van der Waals surface area contributed by atoms with E-state index in [1.54, 1.807) is 0 Å². The lowest BCUT2D eigenvalue weighted by Gasteiger charge is -2.43. The molecule has 1 aromatic heterocycles. The Labute approximate surface area is 199 Å². The molecule has 0 aromatic carbocycles. The molecule has 170 valence electrons. The van der Waals surface area contributed by atoms with Crippen molar-refractivity contribution in [3.8, 4) is 0 Å². The molecule has 0 unspecified atom stereocenters. The number of rotatable bonds is 5. The van der Waals surface area contributed by atoms with Crippen molar-refractivity contribution >= 4 is 29.9 Å². The number of aliphatic imine (C=N–C) groups is 1. The highest BCUT2D eigenvalue weighted by atomic mass is 127. The number of nitrogens with one attached hydrogen (secondary N) is 1. The van der Waals surface area contributed by atoms with Crippen molar-refractivity contribution in [1.82, 2.24) is 29.9 Å². The summed E-state index contributed by atoms with van der Waals surface area (Å²) in [5, 5.41) is 12.2. The van der Waals surface area contributed by atoms with Crippen molar-refractivity contribution in [3.63, 3.8) is 0 Å². The molecule has 0 atom stereocenters. The van der Waals surface area contributed by atoms with E-state index in [0.717, 1.165) is 81.2 Å². The Morgan fingerprint density at radius 1 is 1.07 bits per heavy atom. The van der Waals surface area contributed by atoms with Crippen molar-refractivity contribution < 1.29 is 0 Å². The van der Waals surface area contributed by atoms with Gasteiger partial charge < -0.3 is 14.8 Å². The van der Waals surface area contributed by atoms with Crippen LogP contribution in [0, 0.1) is 11.8 Å². The van der Waals surface area contributed by atoms with Crippen LogP contribution < -0.4 is 5.32 Å². The van der Waals surface area contributed by atoms with Crippen LogP contribution in [0.4, 0.5) is 0 Å². The number of nitrogens with zero attached hydrogens (tertiary/aromatic N) is 6. The minimum Gasteiger partial charge on any atom is -0.357 e. The molecule has 1 aromatic rings. The summed E-state index contributed by atoms with van der Waals surface area (Å²) >= 11 is 0. The van der Waals surface area contributed by atoms with E-state index >= 15 is 0 Å². The number of fused-ring (bicyclic) bond motifs is 1. The zero-order chi connectivity index (χ0) is 20.2. The number of piperazine rings is 1. The number of hydrogen-bond donors (Lipinski definition) is 1. The van der Waals surface area contributed by atoms with Gasteiger partial charge in [-0.1, -0.05) is 13.8 Å². The van der Waals surface area contributed by atoms with Gasteiger partial charge in [0, 0.05) is 51.7 Å². The maximum absolute atomic E-state index is 4.91. The maximum atomic E-state index is 4.91. The Morgan fingerprint density at radius 3 is 2.47 bits per heavy atom. The highest BCUT2D eigenvalue weighted by Gasteiger charge is 2.30. The Bertz CT molecular complexity index is 686. The maximum Gasteiger partial charge on any atom is 0.194 e. The SMILES string of the molecule is CCNC(=NCc1nnc2n1CCC2)N1CCN(C2CCC(C(C)C)CC2)CC1.I. The summed E-state index contributed by atoms with van der Waals surface area (Å²) in [6, 6.07) is 0.797. The fourth-order valence-electron chi connectivity index (χ4n) is 5.33. The second-order valence-corrected chi connectivity index (χ2v) is 9.29. The molecule has 2 aliphatic heterocycles. The first-order valence-corrected chi connectivity index (χ1v) is 11.8. The summed E-state index contributed by atoms with van der Waals surface area (Å²) in [5.74, 6) is 4.96. The average molecular weight is 530 g/mol. The number of aromatic nitrogens is 3. The molecule has 1 aliphatic carbocycles. The van der Waals surface area contributed by atoms with Gasteiger partial charge in [0.2, 0.25) is 0 Å². The van der Waals surface area contributed by atoms with Gasteiger partial charge in [-0.05, 0) is 50.9 Å². The van der Waals surface area contributed by atoms with Crippen molar-refractivity contribution in [3.05, 3.63) is 11.6 Å². The van der Waals surface area contributed by atoms with Crippen molar-refractivity contribution in [2.24, 2.45) is 16.8 Å². The molecule has 4 rings (SSSR count). The lowest BCUT2D eigenvalue weighted by Crippen LogP contribution is -2.55. The predicted molar refractivity (Wildman–Crippen MR) is 132 cm³/mol. The summed E-state index contributed by atoms with van der Waals surface area (Å²) in [4.78, 5) is 10.1. The van der Waals surface area contributed by atoms with Crippen molar-refractivity contribution in [1.29, 1.82) is 0 Å².